The number of hydrogen-bond donors (Lipinski definition) is 1. The number of allylic oxidation sites excluding steroid dienone is 2. The van der Waals surface area contributed by atoms with Crippen molar-refractivity contribution in [2.45, 2.75) is 25.4 Å². The van der Waals surface area contributed by atoms with Crippen molar-refractivity contribution < 1.29 is 0 Å². The van der Waals surface area contributed by atoms with E-state index in [0.717, 1.165) is 6.42 Å². The second-order valence-corrected chi connectivity index (χ2v) is 4.46. The van der Waals surface area contributed by atoms with Crippen molar-refractivity contribution >= 4 is 19.8 Å². The smallest absolute Gasteiger partial charge is 0.121 e. The van der Waals surface area contributed by atoms with Gasteiger partial charge in [-0.2, -0.15) is 0 Å². The van der Waals surface area contributed by atoms with E-state index < -0.39 is 0 Å². The van der Waals surface area contributed by atoms with Crippen molar-refractivity contribution in [3.8, 4) is 0 Å². The highest BCUT2D eigenvalue weighted by molar-refractivity contribution is 7.99. The number of nitrogens with one attached hydrogen (secondary N) is 1. The molecule has 0 spiro atoms. The Bertz CT molecular complexity index is 206. The molecule has 11 heavy (non-hydrogen) atoms. The zero-order valence-electron chi connectivity index (χ0n) is 7.40. The molecule has 0 aliphatic carbocycles. The Hall–Kier alpha value is -0.305. The Kier molecular flexibility index (Phi) is 2.71. The lowest BCUT2D eigenvalue weighted by Gasteiger charge is -2.25. The molecule has 0 radical (unpaired) electrons. The van der Waals surface area contributed by atoms with Crippen LogP contribution in [0.1, 0.15) is 20.3 Å². The Morgan fingerprint density at radius 3 is 2.82 bits per heavy atom. The van der Waals surface area contributed by atoms with E-state index >= 15 is 0 Å². The molecule has 0 bridgehead atoms. The van der Waals surface area contributed by atoms with E-state index in [4.69, 9.17) is 0 Å². The maximum absolute atomic E-state index is 4.03. The first-order chi connectivity index (χ1) is 5.11. The third kappa shape index (κ3) is 2.06. The first-order valence-corrected chi connectivity index (χ1v) is 4.76. The molecule has 0 aromatic rings. The van der Waals surface area contributed by atoms with Gasteiger partial charge in [0.15, 0.2) is 0 Å². The van der Waals surface area contributed by atoms with Crippen molar-refractivity contribution in [2.24, 2.45) is 0 Å². The fraction of sp³-hybridized carbons (Fsp3) is 0.500. The quantitative estimate of drug-likeness (QED) is 0.432. The summed E-state index contributed by atoms with van der Waals surface area (Å²) in [5.74, 6) is 0. The van der Waals surface area contributed by atoms with Crippen molar-refractivity contribution in [1.82, 2.24) is 4.72 Å². The third-order valence-corrected chi connectivity index (χ3v) is 2.64. The Labute approximate surface area is 73.9 Å². The van der Waals surface area contributed by atoms with Gasteiger partial charge in [-0.25, -0.2) is 0 Å². The van der Waals surface area contributed by atoms with Gasteiger partial charge < -0.3 is 4.72 Å². The topological polar surface area (TPSA) is 12.0 Å². The highest BCUT2D eigenvalue weighted by Crippen LogP contribution is 2.27. The summed E-state index contributed by atoms with van der Waals surface area (Å²) in [6, 6.07) is 0. The van der Waals surface area contributed by atoms with Crippen LogP contribution in [-0.4, -0.2) is 13.0 Å². The minimum absolute atomic E-state index is 0.658. The lowest BCUT2D eigenvalue weighted by molar-refractivity contribution is 0.973. The van der Waals surface area contributed by atoms with Crippen LogP contribution in [0.4, 0.5) is 0 Å². The summed E-state index contributed by atoms with van der Waals surface area (Å²) < 4.78 is 3.31. The van der Waals surface area contributed by atoms with E-state index in [1.165, 1.54) is 16.8 Å². The van der Waals surface area contributed by atoms with E-state index in [2.05, 4.69) is 33.0 Å². The fourth-order valence-electron chi connectivity index (χ4n) is 1.18. The molecule has 0 aromatic heterocycles. The molecule has 0 saturated carbocycles. The Morgan fingerprint density at radius 1 is 1.73 bits per heavy atom. The second-order valence-electron chi connectivity index (χ2n) is 3.21. The predicted octanol–water partition coefficient (Wildman–Crippen LogP) is 1.44. The minimum atomic E-state index is 0.658. The molecule has 1 saturated heterocycles. The molecule has 1 heterocycles. The van der Waals surface area contributed by atoms with Gasteiger partial charge in [-0.1, -0.05) is 24.1 Å². The van der Waals surface area contributed by atoms with Gasteiger partial charge in [0.25, 0.3) is 0 Å². The maximum Gasteiger partial charge on any atom is 0.121 e. The van der Waals surface area contributed by atoms with Gasteiger partial charge in [-0.05, 0) is 31.0 Å². The van der Waals surface area contributed by atoms with Crippen molar-refractivity contribution in [3.05, 3.63) is 23.4 Å². The van der Waals surface area contributed by atoms with Crippen LogP contribution in [0.2, 0.25) is 0 Å². The Morgan fingerprint density at radius 2 is 2.36 bits per heavy atom. The standard InChI is InChI=1S/C8H14BNS/c1-5(2)8-6(3)4-7(9)11-10-8/h7,10H,3-4,9H2,1-2H3. The molecule has 1 aliphatic heterocycles. The van der Waals surface area contributed by atoms with Gasteiger partial charge in [0.05, 0.1) is 0 Å². The normalized spacial score (nSPS) is 24.7. The molecule has 0 amide bonds. The lowest BCUT2D eigenvalue weighted by Crippen LogP contribution is -2.22. The highest BCUT2D eigenvalue weighted by Gasteiger charge is 2.16. The molecule has 60 valence electrons. The highest BCUT2D eigenvalue weighted by atomic mass is 32.2. The second kappa shape index (κ2) is 3.39. The van der Waals surface area contributed by atoms with Gasteiger partial charge >= 0.3 is 0 Å². The molecule has 1 rings (SSSR count). The average molecular weight is 167 g/mol. The third-order valence-electron chi connectivity index (χ3n) is 1.75. The molecule has 0 aromatic carbocycles. The van der Waals surface area contributed by atoms with Crippen LogP contribution >= 0.6 is 11.9 Å². The van der Waals surface area contributed by atoms with Crippen LogP contribution in [0.25, 0.3) is 0 Å². The zero-order chi connectivity index (χ0) is 8.43. The maximum atomic E-state index is 4.03. The summed E-state index contributed by atoms with van der Waals surface area (Å²) >= 11 is 1.79. The van der Waals surface area contributed by atoms with Crippen LogP contribution < -0.4 is 4.72 Å². The van der Waals surface area contributed by atoms with Gasteiger partial charge in [0.1, 0.15) is 7.85 Å². The summed E-state index contributed by atoms with van der Waals surface area (Å²) in [6.45, 7) is 8.26. The van der Waals surface area contributed by atoms with Crippen LogP contribution in [-0.2, 0) is 0 Å². The van der Waals surface area contributed by atoms with Gasteiger partial charge in [0, 0.05) is 5.70 Å². The molecule has 3 heteroatoms. The molecular formula is C8H14BNS. The molecule has 1 atom stereocenters. The molecular weight excluding hydrogens is 153 g/mol. The van der Waals surface area contributed by atoms with Gasteiger partial charge in [-0.15, -0.1) is 0 Å². The molecule has 1 N–H and O–H groups in total. The van der Waals surface area contributed by atoms with Gasteiger partial charge in [-0.3, -0.25) is 0 Å². The monoisotopic (exact) mass is 167 g/mol. The first kappa shape index (κ1) is 8.79. The Balaban J connectivity index is 2.74. The van der Waals surface area contributed by atoms with Crippen molar-refractivity contribution in [1.29, 1.82) is 0 Å². The average Bonchev–Trinajstić information content (AvgIpc) is 1.85. The van der Waals surface area contributed by atoms with E-state index in [1.54, 1.807) is 11.9 Å². The molecule has 1 fully saturated rings. The lowest BCUT2D eigenvalue weighted by atomic mass is 9.94. The SMILES string of the molecule is BC1CC(=C)C(=C(C)C)NS1. The molecule has 1 nitrogen and oxygen atoms in total. The summed E-state index contributed by atoms with van der Waals surface area (Å²) in [6.07, 6.45) is 1.11. The van der Waals surface area contributed by atoms with Crippen LogP contribution in [0.3, 0.4) is 0 Å². The van der Waals surface area contributed by atoms with E-state index in [1.807, 2.05) is 0 Å². The van der Waals surface area contributed by atoms with E-state index in [9.17, 15) is 0 Å². The number of rotatable bonds is 0. The minimum Gasteiger partial charge on any atom is -0.330 e. The zero-order valence-corrected chi connectivity index (χ0v) is 8.22. The molecule has 1 aliphatic rings. The summed E-state index contributed by atoms with van der Waals surface area (Å²) in [7, 11) is 2.21. The molecule has 1 unspecified atom stereocenters. The largest absolute Gasteiger partial charge is 0.330 e. The van der Waals surface area contributed by atoms with Gasteiger partial charge in [0.2, 0.25) is 0 Å². The van der Waals surface area contributed by atoms with Crippen LogP contribution in [0.15, 0.2) is 23.4 Å². The van der Waals surface area contributed by atoms with Crippen LogP contribution in [0.5, 0.6) is 0 Å². The fourth-order valence-corrected chi connectivity index (χ4v) is 2.13. The summed E-state index contributed by atoms with van der Waals surface area (Å²) in [5, 5.41) is 0.658. The first-order valence-electron chi connectivity index (χ1n) is 3.88. The number of hydrogen-bond acceptors (Lipinski definition) is 2. The van der Waals surface area contributed by atoms with Crippen LogP contribution in [0, 0.1) is 0 Å². The predicted molar refractivity (Wildman–Crippen MR) is 55.2 cm³/mol. The van der Waals surface area contributed by atoms with E-state index in [-0.39, 0.29) is 0 Å². The van der Waals surface area contributed by atoms with Crippen molar-refractivity contribution in [3.63, 3.8) is 0 Å². The van der Waals surface area contributed by atoms with Crippen molar-refractivity contribution in [2.75, 3.05) is 0 Å². The van der Waals surface area contributed by atoms with E-state index in [0.29, 0.717) is 5.15 Å². The summed E-state index contributed by atoms with van der Waals surface area (Å²) in [5.41, 5.74) is 3.82. The summed E-state index contributed by atoms with van der Waals surface area (Å²) in [4.78, 5) is 0.